The molecule has 2 N–H and O–H groups in total. The van der Waals surface area contributed by atoms with Crippen molar-refractivity contribution in [2.75, 3.05) is 29.9 Å². The number of hydrogen-bond donors (Lipinski definition) is 2. The lowest BCUT2D eigenvalue weighted by atomic mass is 10.0. The van der Waals surface area contributed by atoms with Gasteiger partial charge in [0.25, 0.3) is 0 Å². The molecule has 1 saturated heterocycles. The second kappa shape index (κ2) is 6.94. The normalized spacial score (nSPS) is 15.3. The molecular formula is C17H27N3O. The van der Waals surface area contributed by atoms with Gasteiger partial charge in [0.15, 0.2) is 0 Å². The summed E-state index contributed by atoms with van der Waals surface area (Å²) in [5, 5.41) is 6.20. The van der Waals surface area contributed by atoms with Crippen LogP contribution in [-0.4, -0.2) is 31.1 Å². The summed E-state index contributed by atoms with van der Waals surface area (Å²) in [6.45, 7) is 8.94. The van der Waals surface area contributed by atoms with Crippen LogP contribution in [-0.2, 0) is 4.79 Å². The van der Waals surface area contributed by atoms with Crippen molar-refractivity contribution in [3.05, 3.63) is 24.3 Å². The fraction of sp³-hybridized carbons (Fsp3) is 0.588. The van der Waals surface area contributed by atoms with E-state index in [4.69, 9.17) is 0 Å². The van der Waals surface area contributed by atoms with E-state index in [1.165, 1.54) is 18.5 Å². The molecule has 1 aromatic rings. The molecule has 0 spiro atoms. The van der Waals surface area contributed by atoms with Gasteiger partial charge in [-0.05, 0) is 57.4 Å². The maximum absolute atomic E-state index is 11.9. The maximum atomic E-state index is 11.9. The van der Waals surface area contributed by atoms with Crippen LogP contribution in [0, 0.1) is 0 Å². The van der Waals surface area contributed by atoms with E-state index >= 15 is 0 Å². The summed E-state index contributed by atoms with van der Waals surface area (Å²) in [4.78, 5) is 14.3. The first-order valence-corrected chi connectivity index (χ1v) is 7.90. The van der Waals surface area contributed by atoms with Crippen LogP contribution >= 0.6 is 0 Å². The van der Waals surface area contributed by atoms with Gasteiger partial charge in [-0.1, -0.05) is 6.92 Å². The molecule has 4 nitrogen and oxygen atoms in total. The van der Waals surface area contributed by atoms with E-state index in [-0.39, 0.29) is 11.4 Å². The van der Waals surface area contributed by atoms with Gasteiger partial charge in [0.05, 0.1) is 6.54 Å². The number of amides is 1. The van der Waals surface area contributed by atoms with Crippen LogP contribution in [0.2, 0.25) is 0 Å². The molecule has 21 heavy (non-hydrogen) atoms. The monoisotopic (exact) mass is 289 g/mol. The molecule has 0 radical (unpaired) electrons. The Labute approximate surface area is 127 Å². The third kappa shape index (κ3) is 4.74. The SMILES string of the molecule is CCC(C)(C)NCC(=O)Nc1ccc(N2CCCC2)cc1. The number of nitrogens with zero attached hydrogens (tertiary/aromatic N) is 1. The van der Waals surface area contributed by atoms with Crippen molar-refractivity contribution in [1.82, 2.24) is 5.32 Å². The first-order valence-electron chi connectivity index (χ1n) is 7.90. The Hall–Kier alpha value is -1.55. The molecule has 0 aliphatic carbocycles. The second-order valence-corrected chi connectivity index (χ2v) is 6.38. The Morgan fingerprint density at radius 2 is 1.81 bits per heavy atom. The van der Waals surface area contributed by atoms with Crippen molar-refractivity contribution in [2.24, 2.45) is 0 Å². The maximum Gasteiger partial charge on any atom is 0.238 e. The Morgan fingerprint density at radius 3 is 2.38 bits per heavy atom. The van der Waals surface area contributed by atoms with E-state index in [2.05, 4.69) is 48.4 Å². The molecule has 1 aliphatic rings. The van der Waals surface area contributed by atoms with E-state index in [9.17, 15) is 4.79 Å². The lowest BCUT2D eigenvalue weighted by Gasteiger charge is -2.24. The average Bonchev–Trinajstić information content (AvgIpc) is 3.00. The summed E-state index contributed by atoms with van der Waals surface area (Å²) in [6, 6.07) is 8.14. The number of carbonyl (C=O) groups excluding carboxylic acids is 1. The summed E-state index contributed by atoms with van der Waals surface area (Å²) < 4.78 is 0. The van der Waals surface area contributed by atoms with Crippen molar-refractivity contribution >= 4 is 17.3 Å². The van der Waals surface area contributed by atoms with Crippen molar-refractivity contribution in [3.8, 4) is 0 Å². The van der Waals surface area contributed by atoms with E-state index < -0.39 is 0 Å². The summed E-state index contributed by atoms with van der Waals surface area (Å²) in [5.41, 5.74) is 2.10. The molecule has 0 aromatic heterocycles. The highest BCUT2D eigenvalue weighted by molar-refractivity contribution is 5.92. The van der Waals surface area contributed by atoms with Crippen molar-refractivity contribution in [2.45, 2.75) is 45.6 Å². The fourth-order valence-corrected chi connectivity index (χ4v) is 2.38. The smallest absolute Gasteiger partial charge is 0.238 e. The Balaban J connectivity index is 1.83. The summed E-state index contributed by atoms with van der Waals surface area (Å²) in [6.07, 6.45) is 3.54. The molecule has 1 aliphatic heterocycles. The minimum Gasteiger partial charge on any atom is -0.372 e. The molecular weight excluding hydrogens is 262 g/mol. The first kappa shape index (κ1) is 15.8. The van der Waals surface area contributed by atoms with E-state index in [1.54, 1.807) is 0 Å². The lowest BCUT2D eigenvalue weighted by Crippen LogP contribution is -2.43. The number of nitrogens with one attached hydrogen (secondary N) is 2. The standard InChI is InChI=1S/C17H27N3O/c1-4-17(2,3)18-13-16(21)19-14-7-9-15(10-8-14)20-11-5-6-12-20/h7-10,18H,4-6,11-13H2,1-3H3,(H,19,21). The molecule has 4 heteroatoms. The number of carbonyl (C=O) groups is 1. The molecule has 2 rings (SSSR count). The molecule has 0 saturated carbocycles. The summed E-state index contributed by atoms with van der Waals surface area (Å²) >= 11 is 0. The van der Waals surface area contributed by atoms with Crippen molar-refractivity contribution in [1.29, 1.82) is 0 Å². The third-order valence-corrected chi connectivity index (χ3v) is 4.23. The molecule has 0 unspecified atom stereocenters. The zero-order valence-corrected chi connectivity index (χ0v) is 13.4. The van der Waals surface area contributed by atoms with Gasteiger partial charge in [-0.2, -0.15) is 0 Å². The lowest BCUT2D eigenvalue weighted by molar-refractivity contribution is -0.115. The predicted octanol–water partition coefficient (Wildman–Crippen LogP) is 3.00. The number of anilines is 2. The van der Waals surface area contributed by atoms with E-state index in [0.29, 0.717) is 6.54 Å². The molecule has 1 fully saturated rings. The third-order valence-electron chi connectivity index (χ3n) is 4.23. The number of benzene rings is 1. The van der Waals surface area contributed by atoms with Crippen LogP contribution in [0.15, 0.2) is 24.3 Å². The number of hydrogen-bond acceptors (Lipinski definition) is 3. The van der Waals surface area contributed by atoms with Crippen molar-refractivity contribution < 1.29 is 4.79 Å². The minimum absolute atomic E-state index is 0.00303. The zero-order valence-electron chi connectivity index (χ0n) is 13.4. The molecule has 1 heterocycles. The second-order valence-electron chi connectivity index (χ2n) is 6.38. The summed E-state index contributed by atoms with van der Waals surface area (Å²) in [7, 11) is 0. The Bertz CT molecular complexity index is 461. The van der Waals surface area contributed by atoms with Crippen LogP contribution < -0.4 is 15.5 Å². The summed E-state index contributed by atoms with van der Waals surface area (Å²) in [5.74, 6) is 0.00504. The topological polar surface area (TPSA) is 44.4 Å². The van der Waals surface area contributed by atoms with E-state index in [0.717, 1.165) is 25.2 Å². The van der Waals surface area contributed by atoms with Gasteiger partial charge >= 0.3 is 0 Å². The predicted molar refractivity (Wildman–Crippen MR) is 88.9 cm³/mol. The van der Waals surface area contributed by atoms with Gasteiger partial charge in [0.1, 0.15) is 0 Å². The highest BCUT2D eigenvalue weighted by Gasteiger charge is 2.15. The number of rotatable bonds is 6. The van der Waals surface area contributed by atoms with Crippen LogP contribution in [0.1, 0.15) is 40.0 Å². The van der Waals surface area contributed by atoms with Crippen LogP contribution in [0.5, 0.6) is 0 Å². The Morgan fingerprint density at radius 1 is 1.19 bits per heavy atom. The molecule has 0 bridgehead atoms. The van der Waals surface area contributed by atoms with Gasteiger partial charge in [0.2, 0.25) is 5.91 Å². The fourth-order valence-electron chi connectivity index (χ4n) is 2.38. The largest absolute Gasteiger partial charge is 0.372 e. The van der Waals surface area contributed by atoms with Crippen LogP contribution in [0.25, 0.3) is 0 Å². The van der Waals surface area contributed by atoms with Gasteiger partial charge in [-0.3, -0.25) is 4.79 Å². The van der Waals surface area contributed by atoms with Crippen LogP contribution in [0.3, 0.4) is 0 Å². The van der Waals surface area contributed by atoms with Gasteiger partial charge in [0, 0.05) is 30.0 Å². The zero-order chi connectivity index (χ0) is 15.3. The van der Waals surface area contributed by atoms with Gasteiger partial charge in [-0.25, -0.2) is 0 Å². The van der Waals surface area contributed by atoms with Crippen molar-refractivity contribution in [3.63, 3.8) is 0 Å². The molecule has 116 valence electrons. The average molecular weight is 289 g/mol. The van der Waals surface area contributed by atoms with Crippen LogP contribution in [0.4, 0.5) is 11.4 Å². The quantitative estimate of drug-likeness (QED) is 0.846. The van der Waals surface area contributed by atoms with Gasteiger partial charge in [-0.15, -0.1) is 0 Å². The van der Waals surface area contributed by atoms with Gasteiger partial charge < -0.3 is 15.5 Å². The van der Waals surface area contributed by atoms with E-state index in [1.807, 2.05) is 12.1 Å². The first-order chi connectivity index (χ1) is 10.00. The highest BCUT2D eigenvalue weighted by Crippen LogP contribution is 2.21. The molecule has 1 amide bonds. The minimum atomic E-state index is -0.00303. The highest BCUT2D eigenvalue weighted by atomic mass is 16.1. The Kier molecular flexibility index (Phi) is 5.23. The molecule has 1 aromatic carbocycles. The molecule has 0 atom stereocenters.